The highest BCUT2D eigenvalue weighted by atomic mass is 32.2. The maximum atomic E-state index is 12.2. The quantitative estimate of drug-likeness (QED) is 0.672. The van der Waals surface area contributed by atoms with E-state index in [-0.39, 0.29) is 17.4 Å². The number of ether oxygens (including phenoxy) is 1. The van der Waals surface area contributed by atoms with Crippen LogP contribution in [0.2, 0.25) is 0 Å². The van der Waals surface area contributed by atoms with Gasteiger partial charge in [0.15, 0.2) is 6.61 Å². The van der Waals surface area contributed by atoms with Crippen LogP contribution in [0.3, 0.4) is 0 Å². The number of para-hydroxylation sites is 1. The SMILES string of the molecule is CCCCNS(=O)(=O)c1cccc(NC(=O)COc2ccccc2)c1. The van der Waals surface area contributed by atoms with Gasteiger partial charge in [0.2, 0.25) is 10.0 Å². The van der Waals surface area contributed by atoms with Gasteiger partial charge in [-0.3, -0.25) is 4.79 Å². The molecule has 0 aliphatic heterocycles. The fraction of sp³-hybridized carbons (Fsp3) is 0.278. The van der Waals surface area contributed by atoms with Crippen LogP contribution >= 0.6 is 0 Å². The molecule has 134 valence electrons. The summed E-state index contributed by atoms with van der Waals surface area (Å²) < 4.78 is 32.3. The molecule has 0 aliphatic carbocycles. The van der Waals surface area contributed by atoms with Crippen molar-refractivity contribution in [3.63, 3.8) is 0 Å². The zero-order valence-electron chi connectivity index (χ0n) is 14.1. The van der Waals surface area contributed by atoms with Crippen LogP contribution in [0, 0.1) is 0 Å². The number of benzene rings is 2. The van der Waals surface area contributed by atoms with Crippen LogP contribution in [0.15, 0.2) is 59.5 Å². The van der Waals surface area contributed by atoms with Crippen molar-refractivity contribution in [2.45, 2.75) is 24.7 Å². The Bertz CT molecular complexity index is 792. The van der Waals surface area contributed by atoms with Crippen LogP contribution in [0.25, 0.3) is 0 Å². The third-order valence-electron chi connectivity index (χ3n) is 3.36. The first-order valence-corrected chi connectivity index (χ1v) is 9.57. The van der Waals surface area contributed by atoms with Gasteiger partial charge in [-0.15, -0.1) is 0 Å². The molecule has 0 aromatic heterocycles. The summed E-state index contributed by atoms with van der Waals surface area (Å²) in [6, 6.07) is 15.1. The summed E-state index contributed by atoms with van der Waals surface area (Å²) in [5.41, 5.74) is 0.403. The minimum Gasteiger partial charge on any atom is -0.484 e. The molecule has 0 aliphatic rings. The lowest BCUT2D eigenvalue weighted by molar-refractivity contribution is -0.118. The molecule has 0 spiro atoms. The lowest BCUT2D eigenvalue weighted by Crippen LogP contribution is -2.25. The van der Waals surface area contributed by atoms with Gasteiger partial charge in [0.05, 0.1) is 4.90 Å². The molecular weight excluding hydrogens is 340 g/mol. The molecule has 2 aromatic rings. The third kappa shape index (κ3) is 6.21. The first kappa shape index (κ1) is 19.0. The van der Waals surface area contributed by atoms with E-state index in [1.165, 1.54) is 12.1 Å². The number of sulfonamides is 1. The predicted molar refractivity (Wildman–Crippen MR) is 97.1 cm³/mol. The van der Waals surface area contributed by atoms with Crippen molar-refractivity contribution in [3.05, 3.63) is 54.6 Å². The van der Waals surface area contributed by atoms with E-state index in [0.717, 1.165) is 12.8 Å². The molecule has 25 heavy (non-hydrogen) atoms. The molecule has 7 heteroatoms. The number of unbranched alkanes of at least 4 members (excludes halogenated alkanes) is 1. The Morgan fingerprint density at radius 1 is 1.08 bits per heavy atom. The summed E-state index contributed by atoms with van der Waals surface area (Å²) in [6.07, 6.45) is 1.67. The summed E-state index contributed by atoms with van der Waals surface area (Å²) in [7, 11) is -3.58. The van der Waals surface area contributed by atoms with Crippen LogP contribution in [0.1, 0.15) is 19.8 Å². The van der Waals surface area contributed by atoms with Crippen LogP contribution in [-0.4, -0.2) is 27.5 Å². The highest BCUT2D eigenvalue weighted by Gasteiger charge is 2.14. The van der Waals surface area contributed by atoms with E-state index in [1.54, 1.807) is 24.3 Å². The Morgan fingerprint density at radius 2 is 1.84 bits per heavy atom. The lowest BCUT2D eigenvalue weighted by atomic mass is 10.3. The molecule has 0 saturated carbocycles. The highest BCUT2D eigenvalue weighted by molar-refractivity contribution is 7.89. The Labute approximate surface area is 148 Å². The summed E-state index contributed by atoms with van der Waals surface area (Å²) in [5, 5.41) is 2.64. The molecule has 0 atom stereocenters. The van der Waals surface area contributed by atoms with E-state index in [2.05, 4.69) is 10.0 Å². The Balaban J connectivity index is 1.95. The second kappa shape index (κ2) is 9.19. The minimum atomic E-state index is -3.58. The van der Waals surface area contributed by atoms with Crippen molar-refractivity contribution >= 4 is 21.6 Å². The first-order valence-electron chi connectivity index (χ1n) is 8.08. The molecule has 0 saturated heterocycles. The van der Waals surface area contributed by atoms with E-state index in [4.69, 9.17) is 4.74 Å². The topological polar surface area (TPSA) is 84.5 Å². The smallest absolute Gasteiger partial charge is 0.262 e. The highest BCUT2D eigenvalue weighted by Crippen LogP contribution is 2.16. The van der Waals surface area contributed by atoms with Gasteiger partial charge in [0.25, 0.3) is 5.91 Å². The molecule has 1 amide bonds. The van der Waals surface area contributed by atoms with Gasteiger partial charge >= 0.3 is 0 Å². The first-order chi connectivity index (χ1) is 12.0. The fourth-order valence-corrected chi connectivity index (χ4v) is 3.19. The number of carbonyl (C=O) groups excluding carboxylic acids is 1. The molecule has 0 fully saturated rings. The predicted octanol–water partition coefficient (Wildman–Crippen LogP) is 2.78. The van der Waals surface area contributed by atoms with Crippen molar-refractivity contribution in [1.29, 1.82) is 0 Å². The summed E-state index contributed by atoms with van der Waals surface area (Å²) in [5.74, 6) is 0.228. The molecule has 2 aromatic carbocycles. The molecule has 0 heterocycles. The molecule has 6 nitrogen and oxygen atoms in total. The number of carbonyl (C=O) groups is 1. The molecule has 0 unspecified atom stereocenters. The minimum absolute atomic E-state index is 0.116. The van der Waals surface area contributed by atoms with Crippen LogP contribution in [-0.2, 0) is 14.8 Å². The largest absolute Gasteiger partial charge is 0.484 e. The number of hydrogen-bond acceptors (Lipinski definition) is 4. The van der Waals surface area contributed by atoms with E-state index in [0.29, 0.717) is 18.0 Å². The van der Waals surface area contributed by atoms with Crippen molar-refractivity contribution < 1.29 is 17.9 Å². The summed E-state index contributed by atoms with van der Waals surface area (Å²) in [4.78, 5) is 12.1. The lowest BCUT2D eigenvalue weighted by Gasteiger charge is -2.10. The van der Waals surface area contributed by atoms with Crippen LogP contribution in [0.5, 0.6) is 5.75 Å². The number of amides is 1. The maximum Gasteiger partial charge on any atom is 0.262 e. The Kier molecular flexibility index (Phi) is 6.97. The van der Waals surface area contributed by atoms with Gasteiger partial charge in [0.1, 0.15) is 5.75 Å². The van der Waals surface area contributed by atoms with Gasteiger partial charge in [-0.05, 0) is 36.8 Å². The molecule has 2 N–H and O–H groups in total. The number of rotatable bonds is 9. The summed E-state index contributed by atoms with van der Waals surface area (Å²) in [6.45, 7) is 2.22. The zero-order chi connectivity index (χ0) is 18.1. The summed E-state index contributed by atoms with van der Waals surface area (Å²) >= 11 is 0. The second-order valence-electron chi connectivity index (χ2n) is 5.43. The number of nitrogens with one attached hydrogen (secondary N) is 2. The van der Waals surface area contributed by atoms with Gasteiger partial charge in [-0.2, -0.15) is 0 Å². The molecule has 2 rings (SSSR count). The van der Waals surface area contributed by atoms with Crippen molar-refractivity contribution in [2.75, 3.05) is 18.5 Å². The third-order valence-corrected chi connectivity index (χ3v) is 4.82. The normalized spacial score (nSPS) is 11.1. The number of anilines is 1. The fourth-order valence-electron chi connectivity index (χ4n) is 2.07. The van der Waals surface area contributed by atoms with E-state index >= 15 is 0 Å². The average Bonchev–Trinajstić information content (AvgIpc) is 2.61. The standard InChI is InChI=1S/C18H22N2O4S/c1-2-3-12-19-25(22,23)17-11-7-8-15(13-17)20-18(21)14-24-16-9-5-4-6-10-16/h4-11,13,19H,2-3,12,14H2,1H3,(H,20,21). The average molecular weight is 362 g/mol. The number of hydrogen-bond donors (Lipinski definition) is 2. The zero-order valence-corrected chi connectivity index (χ0v) is 14.9. The van der Waals surface area contributed by atoms with Gasteiger partial charge in [-0.1, -0.05) is 37.6 Å². The van der Waals surface area contributed by atoms with Gasteiger partial charge < -0.3 is 10.1 Å². The molecular formula is C18H22N2O4S. The molecule has 0 bridgehead atoms. The maximum absolute atomic E-state index is 12.2. The Morgan fingerprint density at radius 3 is 2.56 bits per heavy atom. The van der Waals surface area contributed by atoms with E-state index in [9.17, 15) is 13.2 Å². The van der Waals surface area contributed by atoms with Crippen molar-refractivity contribution in [2.24, 2.45) is 0 Å². The van der Waals surface area contributed by atoms with Crippen molar-refractivity contribution in [1.82, 2.24) is 4.72 Å². The Hall–Kier alpha value is -2.38. The van der Waals surface area contributed by atoms with Crippen molar-refractivity contribution in [3.8, 4) is 5.75 Å². The van der Waals surface area contributed by atoms with Gasteiger partial charge in [-0.25, -0.2) is 13.1 Å². The van der Waals surface area contributed by atoms with Gasteiger partial charge in [0, 0.05) is 12.2 Å². The molecule has 0 radical (unpaired) electrons. The monoisotopic (exact) mass is 362 g/mol. The second-order valence-corrected chi connectivity index (χ2v) is 7.20. The van der Waals surface area contributed by atoms with E-state index in [1.807, 2.05) is 25.1 Å². The van der Waals surface area contributed by atoms with Crippen LogP contribution < -0.4 is 14.8 Å². The van der Waals surface area contributed by atoms with E-state index < -0.39 is 10.0 Å². The van der Waals surface area contributed by atoms with Crippen LogP contribution in [0.4, 0.5) is 5.69 Å².